The van der Waals surface area contributed by atoms with Gasteiger partial charge in [-0.05, 0) is 34.6 Å². The summed E-state index contributed by atoms with van der Waals surface area (Å²) in [7, 11) is 0. The van der Waals surface area contributed by atoms with Crippen LogP contribution in [0.4, 0.5) is 4.79 Å². The third kappa shape index (κ3) is 4.67. The van der Waals surface area contributed by atoms with E-state index in [4.69, 9.17) is 9.84 Å². The van der Waals surface area contributed by atoms with Crippen LogP contribution in [0, 0.1) is 0 Å². The van der Waals surface area contributed by atoms with Crippen LogP contribution >= 0.6 is 0 Å². The van der Waals surface area contributed by atoms with Gasteiger partial charge in [-0.2, -0.15) is 0 Å². The molecule has 1 aliphatic rings. The molecule has 1 fully saturated rings. The standard InChI is InChI=1S/C14H26N2O4/c1-6-15(8-7-11(17)18)12(19)16-9-13(2,3)20-14(4,5)10-16/h6-10H2,1-5H3,(H,17,18). The Morgan fingerprint density at radius 1 is 1.20 bits per heavy atom. The second-order valence-corrected chi connectivity index (χ2v) is 6.48. The zero-order valence-corrected chi connectivity index (χ0v) is 13.1. The fourth-order valence-electron chi connectivity index (χ4n) is 2.74. The molecule has 0 radical (unpaired) electrons. The molecule has 0 atom stereocenters. The highest BCUT2D eigenvalue weighted by atomic mass is 16.5. The van der Waals surface area contributed by atoms with Gasteiger partial charge < -0.3 is 19.6 Å². The van der Waals surface area contributed by atoms with Crippen molar-refractivity contribution >= 4 is 12.0 Å². The summed E-state index contributed by atoms with van der Waals surface area (Å²) >= 11 is 0. The minimum atomic E-state index is -0.890. The highest BCUT2D eigenvalue weighted by molar-refractivity contribution is 5.75. The molecule has 2 amide bonds. The van der Waals surface area contributed by atoms with E-state index >= 15 is 0 Å². The number of ether oxygens (including phenoxy) is 1. The molecular formula is C14H26N2O4. The minimum absolute atomic E-state index is 0.0310. The Morgan fingerprint density at radius 2 is 1.70 bits per heavy atom. The van der Waals surface area contributed by atoms with E-state index in [-0.39, 0.29) is 19.0 Å². The van der Waals surface area contributed by atoms with E-state index in [2.05, 4.69) is 0 Å². The van der Waals surface area contributed by atoms with E-state index < -0.39 is 17.2 Å². The molecule has 116 valence electrons. The van der Waals surface area contributed by atoms with Crippen LogP contribution in [-0.4, -0.2) is 64.3 Å². The minimum Gasteiger partial charge on any atom is -0.481 e. The zero-order valence-electron chi connectivity index (χ0n) is 13.1. The predicted molar refractivity (Wildman–Crippen MR) is 75.7 cm³/mol. The van der Waals surface area contributed by atoms with Gasteiger partial charge in [0, 0.05) is 13.1 Å². The Morgan fingerprint density at radius 3 is 2.10 bits per heavy atom. The highest BCUT2D eigenvalue weighted by Gasteiger charge is 2.40. The summed E-state index contributed by atoms with van der Waals surface area (Å²) < 4.78 is 5.95. The van der Waals surface area contributed by atoms with E-state index in [1.165, 1.54) is 0 Å². The van der Waals surface area contributed by atoms with Gasteiger partial charge in [-0.15, -0.1) is 0 Å². The lowest BCUT2D eigenvalue weighted by atomic mass is 9.99. The number of carboxylic acids is 1. The van der Waals surface area contributed by atoms with Crippen molar-refractivity contribution in [2.45, 2.75) is 52.2 Å². The number of nitrogens with zero attached hydrogens (tertiary/aromatic N) is 2. The van der Waals surface area contributed by atoms with Crippen LogP contribution in [0.2, 0.25) is 0 Å². The maximum atomic E-state index is 12.5. The quantitative estimate of drug-likeness (QED) is 0.855. The molecule has 0 saturated carbocycles. The molecular weight excluding hydrogens is 260 g/mol. The van der Waals surface area contributed by atoms with Gasteiger partial charge in [0.05, 0.1) is 30.7 Å². The lowest BCUT2D eigenvalue weighted by molar-refractivity contribution is -0.171. The smallest absolute Gasteiger partial charge is 0.320 e. The molecule has 0 aromatic carbocycles. The van der Waals surface area contributed by atoms with Gasteiger partial charge in [0.15, 0.2) is 0 Å². The zero-order chi connectivity index (χ0) is 15.6. The molecule has 0 aromatic heterocycles. The molecule has 0 aliphatic carbocycles. The number of rotatable bonds is 4. The second-order valence-electron chi connectivity index (χ2n) is 6.48. The van der Waals surface area contributed by atoms with Gasteiger partial charge >= 0.3 is 12.0 Å². The van der Waals surface area contributed by atoms with Gasteiger partial charge in [0.25, 0.3) is 0 Å². The first-order valence-corrected chi connectivity index (χ1v) is 7.02. The van der Waals surface area contributed by atoms with Crippen LogP contribution < -0.4 is 0 Å². The summed E-state index contributed by atoms with van der Waals surface area (Å²) in [5.74, 6) is -0.890. The van der Waals surface area contributed by atoms with Crippen LogP contribution in [0.5, 0.6) is 0 Å². The fraction of sp³-hybridized carbons (Fsp3) is 0.857. The summed E-state index contributed by atoms with van der Waals surface area (Å²) in [6.45, 7) is 11.5. The molecule has 6 nitrogen and oxygen atoms in total. The van der Waals surface area contributed by atoms with Crippen LogP contribution in [0.1, 0.15) is 41.0 Å². The lowest BCUT2D eigenvalue weighted by Gasteiger charge is -2.48. The molecule has 1 N–H and O–H groups in total. The fourth-order valence-corrected chi connectivity index (χ4v) is 2.74. The van der Waals surface area contributed by atoms with Crippen molar-refractivity contribution in [3.8, 4) is 0 Å². The van der Waals surface area contributed by atoms with Gasteiger partial charge in [0.1, 0.15) is 0 Å². The number of aliphatic carboxylic acids is 1. The molecule has 0 unspecified atom stereocenters. The van der Waals surface area contributed by atoms with Crippen molar-refractivity contribution in [1.82, 2.24) is 9.80 Å². The largest absolute Gasteiger partial charge is 0.481 e. The number of urea groups is 1. The maximum absolute atomic E-state index is 12.5. The SMILES string of the molecule is CCN(CCC(=O)O)C(=O)N1CC(C)(C)OC(C)(C)C1. The molecule has 0 spiro atoms. The molecule has 0 aromatic rings. The van der Waals surface area contributed by atoms with E-state index in [9.17, 15) is 9.59 Å². The van der Waals surface area contributed by atoms with Crippen molar-refractivity contribution in [2.24, 2.45) is 0 Å². The second kappa shape index (κ2) is 5.99. The van der Waals surface area contributed by atoms with E-state index in [0.717, 1.165) is 0 Å². The number of amides is 2. The van der Waals surface area contributed by atoms with Crippen molar-refractivity contribution in [3.05, 3.63) is 0 Å². The molecule has 0 bridgehead atoms. The Labute approximate surface area is 120 Å². The van der Waals surface area contributed by atoms with Crippen molar-refractivity contribution < 1.29 is 19.4 Å². The average Bonchev–Trinajstić information content (AvgIpc) is 2.24. The third-order valence-electron chi connectivity index (χ3n) is 3.21. The van der Waals surface area contributed by atoms with Crippen molar-refractivity contribution in [3.63, 3.8) is 0 Å². The summed E-state index contributed by atoms with van der Waals surface area (Å²) in [6, 6.07) is -0.113. The van der Waals surface area contributed by atoms with Crippen molar-refractivity contribution in [2.75, 3.05) is 26.2 Å². The van der Waals surface area contributed by atoms with Gasteiger partial charge in [-0.25, -0.2) is 4.79 Å². The lowest BCUT2D eigenvalue weighted by Crippen LogP contribution is -2.61. The Hall–Kier alpha value is -1.30. The number of morpholine rings is 1. The van der Waals surface area contributed by atoms with Gasteiger partial charge in [-0.1, -0.05) is 0 Å². The summed E-state index contributed by atoms with van der Waals surface area (Å²) in [5, 5.41) is 8.74. The molecule has 1 rings (SSSR count). The van der Waals surface area contributed by atoms with Crippen LogP contribution in [0.3, 0.4) is 0 Å². The number of hydrogen-bond acceptors (Lipinski definition) is 3. The summed E-state index contributed by atoms with van der Waals surface area (Å²) in [5.41, 5.74) is -0.798. The van der Waals surface area contributed by atoms with E-state index in [0.29, 0.717) is 19.6 Å². The average molecular weight is 286 g/mol. The maximum Gasteiger partial charge on any atom is 0.320 e. The van der Waals surface area contributed by atoms with Crippen LogP contribution in [0.15, 0.2) is 0 Å². The summed E-state index contributed by atoms with van der Waals surface area (Å²) in [4.78, 5) is 26.5. The first-order valence-electron chi connectivity index (χ1n) is 7.02. The normalized spacial score (nSPS) is 20.6. The van der Waals surface area contributed by atoms with Crippen LogP contribution in [-0.2, 0) is 9.53 Å². The number of hydrogen-bond donors (Lipinski definition) is 1. The third-order valence-corrected chi connectivity index (χ3v) is 3.21. The highest BCUT2D eigenvalue weighted by Crippen LogP contribution is 2.28. The van der Waals surface area contributed by atoms with E-state index in [1.54, 1.807) is 9.80 Å². The molecule has 1 heterocycles. The molecule has 6 heteroatoms. The Balaban J connectivity index is 2.75. The Bertz CT molecular complexity index is 363. The molecule has 20 heavy (non-hydrogen) atoms. The molecule has 1 saturated heterocycles. The van der Waals surface area contributed by atoms with E-state index in [1.807, 2.05) is 34.6 Å². The monoisotopic (exact) mass is 286 g/mol. The van der Waals surface area contributed by atoms with Crippen LogP contribution in [0.25, 0.3) is 0 Å². The predicted octanol–water partition coefficient (Wildman–Crippen LogP) is 1.79. The summed E-state index contributed by atoms with van der Waals surface area (Å²) in [6.07, 6.45) is -0.0310. The molecule has 1 aliphatic heterocycles. The van der Waals surface area contributed by atoms with Gasteiger partial charge in [-0.3, -0.25) is 4.79 Å². The number of carbonyl (C=O) groups excluding carboxylic acids is 1. The first-order chi connectivity index (χ1) is 9.06. The topological polar surface area (TPSA) is 70.1 Å². The van der Waals surface area contributed by atoms with Gasteiger partial charge in [0.2, 0.25) is 0 Å². The number of carboxylic acid groups (broad SMARTS) is 1. The number of carbonyl (C=O) groups is 2. The van der Waals surface area contributed by atoms with Crippen molar-refractivity contribution in [1.29, 1.82) is 0 Å². The first kappa shape index (κ1) is 16.8. The Kier molecular flexibility index (Phi) is 5.02.